The van der Waals surface area contributed by atoms with Gasteiger partial charge in [-0.05, 0) is 0 Å². The van der Waals surface area contributed by atoms with Gasteiger partial charge >= 0.3 is 49.6 Å². The zero-order valence-corrected chi connectivity index (χ0v) is 8.13. The van der Waals surface area contributed by atoms with E-state index in [9.17, 15) is 0 Å². The molecule has 0 saturated carbocycles. The molecule has 0 bridgehead atoms. The van der Waals surface area contributed by atoms with Crippen LogP contribution in [-0.4, -0.2) is 16.4 Å². The van der Waals surface area contributed by atoms with Crippen molar-refractivity contribution in [3.05, 3.63) is 0 Å². The Balaban J connectivity index is -0.0000000267. The van der Waals surface area contributed by atoms with Crippen LogP contribution < -0.4 is 0 Å². The first-order chi connectivity index (χ1) is 2.00. The monoisotopic (exact) mass is 296 g/mol. The molecule has 0 unspecified atom stereocenters. The topological polar surface area (TPSA) is 94.5 Å². The number of rotatable bonds is 0. The van der Waals surface area contributed by atoms with Gasteiger partial charge in [0.1, 0.15) is 0 Å². The second-order valence-electron chi connectivity index (χ2n) is 0.303. The first kappa shape index (κ1) is 22.6. The van der Waals surface area contributed by atoms with E-state index in [4.69, 9.17) is 38.8 Å². The Hall–Kier alpha value is 1.66. The summed E-state index contributed by atoms with van der Waals surface area (Å²) in [6, 6.07) is 0. The summed E-state index contributed by atoms with van der Waals surface area (Å²) in [5.74, 6) is 0. The van der Waals surface area contributed by atoms with Crippen molar-refractivity contribution in [3.8, 4) is 0 Å². The third-order valence-corrected chi connectivity index (χ3v) is 0. The molecule has 0 saturated heterocycles. The fourth-order valence-electron chi connectivity index (χ4n) is 0. The molecular weight excluding hydrogens is 291 g/mol. The molecule has 0 aliphatic heterocycles. The maximum absolute atomic E-state index is 5.00. The van der Waals surface area contributed by atoms with E-state index in [2.05, 4.69) is 0 Å². The van der Waals surface area contributed by atoms with Gasteiger partial charge in [-0.1, -0.05) is 0 Å². The van der Waals surface area contributed by atoms with Crippen molar-refractivity contribution >= 4 is 38.8 Å². The van der Waals surface area contributed by atoms with E-state index in [0.717, 1.165) is 0 Å². The molecule has 0 rings (SSSR count). The van der Waals surface area contributed by atoms with Crippen molar-refractivity contribution in [3.63, 3.8) is 0 Å². The molecule has 0 aliphatic rings. The third-order valence-electron chi connectivity index (χ3n) is 0. The predicted molar refractivity (Wildman–Crippen MR) is 34.3 cm³/mol. The standard InChI is InChI=1S/4ClH.3H2O.Ru/h4*1H;3*1H2;/q;;;;;;;+4/p-4. The Morgan fingerprint density at radius 3 is 0.625 bits per heavy atom. The van der Waals surface area contributed by atoms with Crippen molar-refractivity contribution < 1.29 is 27.2 Å². The molecule has 8 heteroatoms. The van der Waals surface area contributed by atoms with Crippen LogP contribution in [0.3, 0.4) is 0 Å². The van der Waals surface area contributed by atoms with Crippen LogP contribution in [0.25, 0.3) is 0 Å². The van der Waals surface area contributed by atoms with Gasteiger partial charge < -0.3 is 16.4 Å². The van der Waals surface area contributed by atoms with Gasteiger partial charge in [0.2, 0.25) is 0 Å². The van der Waals surface area contributed by atoms with Crippen molar-refractivity contribution in [1.82, 2.24) is 0 Å². The number of halogens is 4. The van der Waals surface area contributed by atoms with Crippen molar-refractivity contribution in [2.45, 2.75) is 0 Å². The van der Waals surface area contributed by atoms with Crippen LogP contribution in [0.2, 0.25) is 0 Å². The van der Waals surface area contributed by atoms with E-state index in [-0.39, 0.29) is 16.4 Å². The molecule has 0 amide bonds. The number of hydrogen-bond donors (Lipinski definition) is 0. The molecule has 6 N–H and O–H groups in total. The van der Waals surface area contributed by atoms with Gasteiger partial charge in [-0.2, -0.15) is 0 Å². The second-order valence-corrected chi connectivity index (χ2v) is 16.1. The molecule has 0 spiro atoms. The minimum atomic E-state index is -2.97. The fraction of sp³-hybridized carbons (Fsp3) is 0. The average Bonchev–Trinajstić information content (AvgIpc) is 0.722. The summed E-state index contributed by atoms with van der Waals surface area (Å²) in [5, 5.41) is 0. The van der Waals surface area contributed by atoms with E-state index < -0.39 is 10.8 Å². The van der Waals surface area contributed by atoms with Crippen LogP contribution in [-0.2, 0) is 10.8 Å². The molecule has 3 nitrogen and oxygen atoms in total. The molecule has 0 radical (unpaired) electrons. The zero-order chi connectivity index (χ0) is 4.50. The van der Waals surface area contributed by atoms with E-state index in [1.807, 2.05) is 0 Å². The molecule has 0 heterocycles. The maximum atomic E-state index is 5.00. The summed E-state index contributed by atoms with van der Waals surface area (Å²) in [6.07, 6.45) is 0. The quantitative estimate of drug-likeness (QED) is 0.574. The van der Waals surface area contributed by atoms with Crippen LogP contribution in [0.5, 0.6) is 0 Å². The van der Waals surface area contributed by atoms with Crippen LogP contribution in [0.1, 0.15) is 0 Å². The number of hydrogen-bond acceptors (Lipinski definition) is 0. The molecule has 0 aromatic rings. The van der Waals surface area contributed by atoms with Crippen LogP contribution in [0.4, 0.5) is 0 Å². The van der Waals surface area contributed by atoms with E-state index in [0.29, 0.717) is 0 Å². The summed E-state index contributed by atoms with van der Waals surface area (Å²) < 4.78 is 0. The van der Waals surface area contributed by atoms with Crippen LogP contribution in [0, 0.1) is 0 Å². The second kappa shape index (κ2) is 8.66. The van der Waals surface area contributed by atoms with E-state index >= 15 is 0 Å². The van der Waals surface area contributed by atoms with Crippen molar-refractivity contribution in [2.75, 3.05) is 0 Å². The summed E-state index contributed by atoms with van der Waals surface area (Å²) in [7, 11) is 17.0. The van der Waals surface area contributed by atoms with E-state index in [1.165, 1.54) is 0 Å². The van der Waals surface area contributed by atoms with Gasteiger partial charge in [-0.15, -0.1) is 0 Å². The normalized spacial score (nSPS) is 9.50. The summed E-state index contributed by atoms with van der Waals surface area (Å²) in [6.45, 7) is 0. The summed E-state index contributed by atoms with van der Waals surface area (Å²) in [4.78, 5) is 0. The molecule has 8 heavy (non-hydrogen) atoms. The van der Waals surface area contributed by atoms with Gasteiger partial charge in [-0.3, -0.25) is 0 Å². The molecule has 0 aliphatic carbocycles. The molecule has 60 valence electrons. The fourth-order valence-corrected chi connectivity index (χ4v) is 0. The molecule has 0 aromatic heterocycles. The molecular formula is H6Cl4O3Ru. The van der Waals surface area contributed by atoms with Crippen molar-refractivity contribution in [1.29, 1.82) is 0 Å². The first-order valence-corrected chi connectivity index (χ1v) is 9.49. The Labute approximate surface area is 65.8 Å². The van der Waals surface area contributed by atoms with Gasteiger partial charge in [0.05, 0.1) is 0 Å². The Morgan fingerprint density at radius 1 is 0.625 bits per heavy atom. The molecule has 0 aromatic carbocycles. The van der Waals surface area contributed by atoms with Gasteiger partial charge in [-0.25, -0.2) is 0 Å². The van der Waals surface area contributed by atoms with Gasteiger partial charge in [0, 0.05) is 0 Å². The Morgan fingerprint density at radius 2 is 0.625 bits per heavy atom. The molecule has 0 atom stereocenters. The van der Waals surface area contributed by atoms with Gasteiger partial charge in [0.25, 0.3) is 0 Å². The zero-order valence-electron chi connectivity index (χ0n) is 3.37. The predicted octanol–water partition coefficient (Wildman–Crippen LogP) is 0.281. The average molecular weight is 297 g/mol. The SMILES string of the molecule is O.O.O.[Cl][Ru]([Cl])([Cl])[Cl]. The third kappa shape index (κ3) is 123. The minimum absolute atomic E-state index is 0. The van der Waals surface area contributed by atoms with Crippen molar-refractivity contribution in [2.24, 2.45) is 0 Å². The molecule has 0 fully saturated rings. The van der Waals surface area contributed by atoms with Gasteiger partial charge in [0.15, 0.2) is 0 Å². The van der Waals surface area contributed by atoms with Crippen LogP contribution >= 0.6 is 38.8 Å². The van der Waals surface area contributed by atoms with Crippen LogP contribution in [0.15, 0.2) is 0 Å². The first-order valence-electron chi connectivity index (χ1n) is 0.535. The Kier molecular flexibility index (Phi) is 24.5. The summed E-state index contributed by atoms with van der Waals surface area (Å²) in [5.41, 5.74) is 0. The summed E-state index contributed by atoms with van der Waals surface area (Å²) >= 11 is 0. The Bertz CT molecular complexity index is 26.8. The van der Waals surface area contributed by atoms with E-state index in [1.54, 1.807) is 0 Å².